The van der Waals surface area contributed by atoms with Gasteiger partial charge in [0.25, 0.3) is 5.91 Å². The third-order valence-corrected chi connectivity index (χ3v) is 5.25. The first-order valence-corrected chi connectivity index (χ1v) is 8.45. The summed E-state index contributed by atoms with van der Waals surface area (Å²) < 4.78 is 5.69. The maximum Gasteiger partial charge on any atom is 0.253 e. The molecule has 0 saturated carbocycles. The maximum atomic E-state index is 12.6. The number of carbonyl (C=O) groups is 1. The van der Waals surface area contributed by atoms with E-state index in [1.807, 2.05) is 41.9 Å². The van der Waals surface area contributed by atoms with Crippen molar-refractivity contribution in [3.05, 3.63) is 29.3 Å². The number of benzene rings is 1. The van der Waals surface area contributed by atoms with Gasteiger partial charge < -0.3 is 9.64 Å². The van der Waals surface area contributed by atoms with Crippen molar-refractivity contribution in [2.45, 2.75) is 38.3 Å². The first-order chi connectivity index (χ1) is 9.65. The molecule has 0 radical (unpaired) electrons. The molecule has 0 spiro atoms. The molecule has 0 N–H and O–H groups in total. The Labute approximate surface area is 124 Å². The average Bonchev–Trinajstić information content (AvgIpc) is 2.85. The second-order valence-electron chi connectivity index (χ2n) is 5.71. The quantitative estimate of drug-likeness (QED) is 0.839. The summed E-state index contributed by atoms with van der Waals surface area (Å²) in [6.07, 6.45) is 3.35. The highest BCUT2D eigenvalue weighted by Crippen LogP contribution is 2.30. The van der Waals surface area contributed by atoms with Gasteiger partial charge in [0.15, 0.2) is 0 Å². The molecule has 0 unspecified atom stereocenters. The van der Waals surface area contributed by atoms with Gasteiger partial charge in [-0.2, -0.15) is 11.8 Å². The van der Waals surface area contributed by atoms with E-state index in [9.17, 15) is 4.79 Å². The van der Waals surface area contributed by atoms with E-state index in [1.54, 1.807) is 0 Å². The molecule has 1 fully saturated rings. The predicted molar refractivity (Wildman–Crippen MR) is 82.7 cm³/mol. The van der Waals surface area contributed by atoms with E-state index < -0.39 is 0 Å². The molecule has 1 atom stereocenters. The summed E-state index contributed by atoms with van der Waals surface area (Å²) in [4.78, 5) is 14.5. The fraction of sp³-hybridized carbons (Fsp3) is 0.562. The molecule has 3 nitrogen and oxygen atoms in total. The number of rotatable bonds is 2. The summed E-state index contributed by atoms with van der Waals surface area (Å²) in [6, 6.07) is 6.24. The fourth-order valence-corrected chi connectivity index (χ4v) is 4.08. The van der Waals surface area contributed by atoms with Gasteiger partial charge in [-0.05, 0) is 55.0 Å². The van der Waals surface area contributed by atoms with Gasteiger partial charge >= 0.3 is 0 Å². The molecule has 0 bridgehead atoms. The smallest absolute Gasteiger partial charge is 0.253 e. The van der Waals surface area contributed by atoms with Crippen LogP contribution in [-0.4, -0.2) is 41.5 Å². The van der Waals surface area contributed by atoms with E-state index in [4.69, 9.17) is 4.74 Å². The van der Waals surface area contributed by atoms with E-state index in [1.165, 1.54) is 0 Å². The van der Waals surface area contributed by atoms with Crippen LogP contribution in [0.2, 0.25) is 0 Å². The Morgan fingerprint density at radius 2 is 2.10 bits per heavy atom. The number of hydrogen-bond acceptors (Lipinski definition) is 3. The lowest BCUT2D eigenvalue weighted by molar-refractivity contribution is 0.0723. The number of amides is 1. The third kappa shape index (κ3) is 2.66. The molecule has 3 rings (SSSR count). The second-order valence-corrected chi connectivity index (χ2v) is 6.94. The zero-order chi connectivity index (χ0) is 14.1. The average molecular weight is 291 g/mol. The third-order valence-electron chi connectivity index (χ3n) is 4.20. The molecule has 4 heteroatoms. The zero-order valence-corrected chi connectivity index (χ0v) is 12.9. The normalized spacial score (nSPS) is 22.2. The minimum atomic E-state index is 0.143. The summed E-state index contributed by atoms with van der Waals surface area (Å²) in [5.41, 5.74) is 1.96. The molecule has 1 saturated heterocycles. The lowest BCUT2D eigenvalue weighted by Crippen LogP contribution is -2.39. The van der Waals surface area contributed by atoms with Crippen LogP contribution in [0.4, 0.5) is 0 Å². The van der Waals surface area contributed by atoms with Crippen molar-refractivity contribution in [3.63, 3.8) is 0 Å². The van der Waals surface area contributed by atoms with Crippen LogP contribution in [0.3, 0.4) is 0 Å². The highest BCUT2D eigenvalue weighted by molar-refractivity contribution is 7.99. The predicted octanol–water partition coefficient (Wildman–Crippen LogP) is 2.98. The largest absolute Gasteiger partial charge is 0.490 e. The van der Waals surface area contributed by atoms with Crippen molar-refractivity contribution in [1.29, 1.82) is 0 Å². The van der Waals surface area contributed by atoms with Gasteiger partial charge in [-0.25, -0.2) is 0 Å². The molecule has 2 heterocycles. The molecule has 2 aliphatic rings. The van der Waals surface area contributed by atoms with Crippen LogP contribution in [0, 0.1) is 0 Å². The number of fused-ring (bicyclic) bond motifs is 1. The Balaban J connectivity index is 1.75. The van der Waals surface area contributed by atoms with Gasteiger partial charge in [0.05, 0.1) is 0 Å². The van der Waals surface area contributed by atoms with Crippen LogP contribution in [0.15, 0.2) is 18.2 Å². The summed E-state index contributed by atoms with van der Waals surface area (Å²) in [7, 11) is 1.94. The van der Waals surface area contributed by atoms with E-state index >= 15 is 0 Å². The number of carbonyl (C=O) groups excluding carboxylic acids is 1. The van der Waals surface area contributed by atoms with Crippen LogP contribution in [0.5, 0.6) is 5.75 Å². The fourth-order valence-electron chi connectivity index (χ4n) is 3.00. The van der Waals surface area contributed by atoms with Crippen molar-refractivity contribution >= 4 is 17.7 Å². The van der Waals surface area contributed by atoms with E-state index in [-0.39, 0.29) is 12.0 Å². The van der Waals surface area contributed by atoms with Crippen LogP contribution in [-0.2, 0) is 6.42 Å². The molecule has 1 aromatic carbocycles. The Bertz CT molecular complexity index is 511. The van der Waals surface area contributed by atoms with Crippen molar-refractivity contribution in [3.8, 4) is 5.75 Å². The van der Waals surface area contributed by atoms with Gasteiger partial charge in [-0.3, -0.25) is 4.79 Å². The Morgan fingerprint density at radius 3 is 2.85 bits per heavy atom. The Hall–Kier alpha value is -1.16. The van der Waals surface area contributed by atoms with Crippen LogP contribution in [0.1, 0.15) is 35.7 Å². The number of hydrogen-bond donors (Lipinski definition) is 0. The van der Waals surface area contributed by atoms with E-state index in [0.717, 1.165) is 47.6 Å². The van der Waals surface area contributed by atoms with Gasteiger partial charge in [-0.1, -0.05) is 0 Å². The molecule has 1 aromatic rings. The molecule has 2 aliphatic heterocycles. The summed E-state index contributed by atoms with van der Waals surface area (Å²) in [5.74, 6) is 3.41. The first kappa shape index (κ1) is 13.8. The van der Waals surface area contributed by atoms with Crippen molar-refractivity contribution in [1.82, 2.24) is 4.90 Å². The first-order valence-electron chi connectivity index (χ1n) is 7.29. The zero-order valence-electron chi connectivity index (χ0n) is 12.1. The molecule has 0 aromatic heterocycles. The van der Waals surface area contributed by atoms with Gasteiger partial charge in [0, 0.05) is 25.1 Å². The highest BCUT2D eigenvalue weighted by Gasteiger charge is 2.25. The number of thioether (sulfide) groups is 1. The van der Waals surface area contributed by atoms with Gasteiger partial charge in [0.1, 0.15) is 11.9 Å². The lowest BCUT2D eigenvalue weighted by atomic mass is 10.0. The molecular weight excluding hydrogens is 270 g/mol. The van der Waals surface area contributed by atoms with E-state index in [2.05, 4.69) is 6.92 Å². The monoisotopic (exact) mass is 291 g/mol. The lowest BCUT2D eigenvalue weighted by Gasteiger charge is -2.31. The molecule has 1 amide bonds. The topological polar surface area (TPSA) is 29.5 Å². The van der Waals surface area contributed by atoms with Crippen LogP contribution < -0.4 is 4.74 Å². The summed E-state index contributed by atoms with van der Waals surface area (Å²) in [6.45, 7) is 2.06. The SMILES string of the molecule is C[C@H]1Cc2cc(C(=O)N(C)C3CCSCC3)ccc2O1. The Morgan fingerprint density at radius 1 is 1.35 bits per heavy atom. The maximum absolute atomic E-state index is 12.6. The van der Waals surface area contributed by atoms with Crippen molar-refractivity contribution in [2.75, 3.05) is 18.6 Å². The highest BCUT2D eigenvalue weighted by atomic mass is 32.2. The van der Waals surface area contributed by atoms with E-state index in [0.29, 0.717) is 6.04 Å². The second kappa shape index (κ2) is 5.68. The molecule has 108 valence electrons. The van der Waals surface area contributed by atoms with Crippen molar-refractivity contribution < 1.29 is 9.53 Å². The summed E-state index contributed by atoms with van der Waals surface area (Å²) >= 11 is 1.99. The standard InChI is InChI=1S/C16H21NO2S/c1-11-9-13-10-12(3-4-15(13)19-11)16(18)17(2)14-5-7-20-8-6-14/h3-4,10-11,14H,5-9H2,1-2H3/t11-/m0/s1. The number of nitrogens with zero attached hydrogens (tertiary/aromatic N) is 1. The minimum absolute atomic E-state index is 0.143. The van der Waals surface area contributed by atoms with Crippen molar-refractivity contribution in [2.24, 2.45) is 0 Å². The molecular formula is C16H21NO2S. The van der Waals surface area contributed by atoms with Crippen LogP contribution >= 0.6 is 11.8 Å². The molecule has 0 aliphatic carbocycles. The summed E-state index contributed by atoms with van der Waals surface area (Å²) in [5, 5.41) is 0. The van der Waals surface area contributed by atoms with Crippen LogP contribution in [0.25, 0.3) is 0 Å². The Kier molecular flexibility index (Phi) is 3.92. The molecule has 20 heavy (non-hydrogen) atoms. The van der Waals surface area contributed by atoms with Gasteiger partial charge in [0.2, 0.25) is 0 Å². The minimum Gasteiger partial charge on any atom is -0.490 e. The number of ether oxygens (including phenoxy) is 1. The van der Waals surface area contributed by atoms with Gasteiger partial charge in [-0.15, -0.1) is 0 Å².